The van der Waals surface area contributed by atoms with Crippen LogP contribution in [-0.4, -0.2) is 21.5 Å². The van der Waals surface area contributed by atoms with Gasteiger partial charge in [0.2, 0.25) is 0 Å². The highest BCUT2D eigenvalue weighted by Gasteiger charge is 2.18. The zero-order valence-corrected chi connectivity index (χ0v) is 13.6. The Morgan fingerprint density at radius 3 is 2.48 bits per heavy atom. The molecule has 0 aromatic carbocycles. The topological polar surface area (TPSA) is 50.7 Å². The summed E-state index contributed by atoms with van der Waals surface area (Å²) in [6, 6.07) is 7.96. The second-order valence-electron chi connectivity index (χ2n) is 6.30. The van der Waals surface area contributed by atoms with E-state index in [9.17, 15) is 0 Å². The van der Waals surface area contributed by atoms with E-state index >= 15 is 0 Å². The number of nitrogens with zero attached hydrogens (tertiary/aromatic N) is 3. The third-order valence-electron chi connectivity index (χ3n) is 3.17. The number of aryl methyl sites for hydroxylation is 1. The van der Waals surface area contributed by atoms with Crippen molar-refractivity contribution in [3.8, 4) is 11.5 Å². The summed E-state index contributed by atoms with van der Waals surface area (Å²) >= 11 is 0. The zero-order chi connectivity index (χ0) is 15.5. The van der Waals surface area contributed by atoms with E-state index in [1.165, 1.54) is 0 Å². The summed E-state index contributed by atoms with van der Waals surface area (Å²) in [6.45, 7) is 11.5. The van der Waals surface area contributed by atoms with Crippen LogP contribution in [0.1, 0.15) is 45.5 Å². The summed E-state index contributed by atoms with van der Waals surface area (Å²) in [5.41, 5.74) is 2.79. The van der Waals surface area contributed by atoms with Crippen LogP contribution in [0.4, 0.5) is 5.82 Å². The SMILES string of the molecule is CCCNc1cc(C(C)(C)C)nc(-c2cccc(C)n2)n1. The Kier molecular flexibility index (Phi) is 4.56. The van der Waals surface area contributed by atoms with Crippen LogP contribution in [0.25, 0.3) is 11.5 Å². The Labute approximate surface area is 127 Å². The molecule has 0 atom stereocenters. The first-order chi connectivity index (χ1) is 9.90. The van der Waals surface area contributed by atoms with Gasteiger partial charge in [-0.1, -0.05) is 33.8 Å². The Bertz CT molecular complexity index is 614. The van der Waals surface area contributed by atoms with Gasteiger partial charge in [-0.05, 0) is 25.5 Å². The molecule has 21 heavy (non-hydrogen) atoms. The van der Waals surface area contributed by atoms with Gasteiger partial charge in [0.1, 0.15) is 11.5 Å². The second kappa shape index (κ2) is 6.20. The molecule has 0 fully saturated rings. The molecule has 2 heterocycles. The van der Waals surface area contributed by atoms with Crippen LogP contribution in [0, 0.1) is 6.92 Å². The first-order valence-corrected chi connectivity index (χ1v) is 7.47. The number of hydrogen-bond donors (Lipinski definition) is 1. The third kappa shape index (κ3) is 4.00. The number of hydrogen-bond acceptors (Lipinski definition) is 4. The predicted molar refractivity (Wildman–Crippen MR) is 87.5 cm³/mol. The van der Waals surface area contributed by atoms with E-state index < -0.39 is 0 Å². The van der Waals surface area contributed by atoms with Gasteiger partial charge in [0.25, 0.3) is 0 Å². The molecule has 112 valence electrons. The molecule has 0 amide bonds. The molecule has 0 saturated carbocycles. The lowest BCUT2D eigenvalue weighted by atomic mass is 9.92. The van der Waals surface area contributed by atoms with Gasteiger partial charge < -0.3 is 5.32 Å². The highest BCUT2D eigenvalue weighted by molar-refractivity contribution is 5.54. The lowest BCUT2D eigenvalue weighted by Gasteiger charge is -2.19. The minimum absolute atomic E-state index is 0.0237. The van der Waals surface area contributed by atoms with Crippen molar-refractivity contribution >= 4 is 5.82 Å². The van der Waals surface area contributed by atoms with E-state index in [4.69, 9.17) is 4.98 Å². The van der Waals surface area contributed by atoms with E-state index in [0.29, 0.717) is 5.82 Å². The number of pyridine rings is 1. The first kappa shape index (κ1) is 15.4. The van der Waals surface area contributed by atoms with Crippen molar-refractivity contribution in [3.05, 3.63) is 35.7 Å². The molecule has 0 aliphatic heterocycles. The van der Waals surface area contributed by atoms with Gasteiger partial charge in [-0.2, -0.15) is 0 Å². The van der Waals surface area contributed by atoms with E-state index in [1.54, 1.807) is 0 Å². The molecule has 0 unspecified atom stereocenters. The largest absolute Gasteiger partial charge is 0.370 e. The normalized spacial score (nSPS) is 11.5. The lowest BCUT2D eigenvalue weighted by Crippen LogP contribution is -2.16. The van der Waals surface area contributed by atoms with Crippen LogP contribution in [0.5, 0.6) is 0 Å². The summed E-state index contributed by atoms with van der Waals surface area (Å²) in [5.74, 6) is 1.56. The molecular formula is C17H24N4. The second-order valence-corrected chi connectivity index (χ2v) is 6.30. The van der Waals surface area contributed by atoms with Crippen LogP contribution in [-0.2, 0) is 5.41 Å². The standard InChI is InChI=1S/C17H24N4/c1-6-10-18-15-11-14(17(3,4)5)20-16(21-15)13-9-7-8-12(2)19-13/h7-9,11H,6,10H2,1-5H3,(H,18,20,21). The van der Waals surface area contributed by atoms with Gasteiger partial charge in [-0.3, -0.25) is 0 Å². The van der Waals surface area contributed by atoms with Crippen LogP contribution in [0.2, 0.25) is 0 Å². The predicted octanol–water partition coefficient (Wildman–Crippen LogP) is 3.97. The summed E-state index contributed by atoms with van der Waals surface area (Å²) < 4.78 is 0. The quantitative estimate of drug-likeness (QED) is 0.923. The average Bonchev–Trinajstić information content (AvgIpc) is 2.44. The van der Waals surface area contributed by atoms with Gasteiger partial charge in [-0.15, -0.1) is 0 Å². The summed E-state index contributed by atoms with van der Waals surface area (Å²) in [7, 11) is 0. The molecule has 0 spiro atoms. The zero-order valence-electron chi connectivity index (χ0n) is 13.6. The van der Waals surface area contributed by atoms with Crippen LogP contribution in [0.15, 0.2) is 24.3 Å². The maximum atomic E-state index is 4.71. The fourth-order valence-electron chi connectivity index (χ4n) is 1.96. The Balaban J connectivity index is 2.49. The minimum Gasteiger partial charge on any atom is -0.370 e. The molecule has 2 aromatic heterocycles. The molecule has 0 aliphatic carbocycles. The number of rotatable bonds is 4. The molecule has 0 saturated heterocycles. The highest BCUT2D eigenvalue weighted by atomic mass is 15.0. The van der Waals surface area contributed by atoms with Crippen molar-refractivity contribution in [2.24, 2.45) is 0 Å². The van der Waals surface area contributed by atoms with Crippen LogP contribution in [0.3, 0.4) is 0 Å². The third-order valence-corrected chi connectivity index (χ3v) is 3.17. The molecule has 2 rings (SSSR count). The van der Waals surface area contributed by atoms with Crippen molar-refractivity contribution in [1.82, 2.24) is 15.0 Å². The smallest absolute Gasteiger partial charge is 0.180 e. The van der Waals surface area contributed by atoms with Crippen molar-refractivity contribution in [1.29, 1.82) is 0 Å². The van der Waals surface area contributed by atoms with Crippen LogP contribution >= 0.6 is 0 Å². The lowest BCUT2D eigenvalue weighted by molar-refractivity contribution is 0.568. The molecule has 2 aromatic rings. The molecule has 4 heteroatoms. The van der Waals surface area contributed by atoms with Gasteiger partial charge in [0, 0.05) is 23.7 Å². The van der Waals surface area contributed by atoms with Gasteiger partial charge in [-0.25, -0.2) is 15.0 Å². The summed E-state index contributed by atoms with van der Waals surface area (Å²) in [6.07, 6.45) is 1.06. The van der Waals surface area contributed by atoms with Crippen molar-refractivity contribution in [2.75, 3.05) is 11.9 Å². The average molecular weight is 284 g/mol. The molecule has 0 radical (unpaired) electrons. The molecular weight excluding hydrogens is 260 g/mol. The molecule has 1 N–H and O–H groups in total. The van der Waals surface area contributed by atoms with Crippen molar-refractivity contribution in [2.45, 2.75) is 46.5 Å². The number of nitrogens with one attached hydrogen (secondary N) is 1. The first-order valence-electron chi connectivity index (χ1n) is 7.47. The monoisotopic (exact) mass is 284 g/mol. The van der Waals surface area contributed by atoms with E-state index in [1.807, 2.05) is 31.2 Å². The van der Waals surface area contributed by atoms with Crippen molar-refractivity contribution < 1.29 is 0 Å². The molecule has 0 aliphatic rings. The summed E-state index contributed by atoms with van der Waals surface area (Å²) in [4.78, 5) is 13.9. The van der Waals surface area contributed by atoms with Crippen molar-refractivity contribution in [3.63, 3.8) is 0 Å². The minimum atomic E-state index is -0.0237. The van der Waals surface area contributed by atoms with E-state index in [2.05, 4.69) is 43.0 Å². The number of anilines is 1. The molecule has 0 bridgehead atoms. The molecule has 4 nitrogen and oxygen atoms in total. The Hall–Kier alpha value is -1.97. The van der Waals surface area contributed by atoms with Crippen LogP contribution < -0.4 is 5.32 Å². The summed E-state index contributed by atoms with van der Waals surface area (Å²) in [5, 5.41) is 3.35. The van der Waals surface area contributed by atoms with Gasteiger partial charge in [0.15, 0.2) is 5.82 Å². The van der Waals surface area contributed by atoms with Gasteiger partial charge >= 0.3 is 0 Å². The Morgan fingerprint density at radius 1 is 1.10 bits per heavy atom. The van der Waals surface area contributed by atoms with Gasteiger partial charge in [0.05, 0.1) is 5.69 Å². The van der Waals surface area contributed by atoms with E-state index in [-0.39, 0.29) is 5.41 Å². The maximum absolute atomic E-state index is 4.71. The Morgan fingerprint density at radius 2 is 1.86 bits per heavy atom. The van der Waals surface area contributed by atoms with E-state index in [0.717, 1.165) is 35.9 Å². The number of aromatic nitrogens is 3. The fourth-order valence-corrected chi connectivity index (χ4v) is 1.96. The highest BCUT2D eigenvalue weighted by Crippen LogP contribution is 2.25. The maximum Gasteiger partial charge on any atom is 0.180 e. The fraction of sp³-hybridized carbons (Fsp3) is 0.471.